The third kappa shape index (κ3) is 4.56. The summed E-state index contributed by atoms with van der Waals surface area (Å²) in [6.07, 6.45) is 0.302. The van der Waals surface area contributed by atoms with Crippen LogP contribution in [0.5, 0.6) is 0 Å². The van der Waals surface area contributed by atoms with E-state index in [9.17, 15) is 4.79 Å². The minimum atomic E-state index is -3.17. The Hall–Kier alpha value is -0.633. The van der Waals surface area contributed by atoms with Gasteiger partial charge < -0.3 is 18.0 Å². The molecule has 6 nitrogen and oxygen atoms in total. The summed E-state index contributed by atoms with van der Waals surface area (Å²) in [6, 6.07) is 0. The van der Waals surface area contributed by atoms with Gasteiger partial charge in [-0.2, -0.15) is 0 Å². The van der Waals surface area contributed by atoms with E-state index < -0.39 is 15.1 Å². The molecule has 0 aromatic rings. The molecule has 0 fully saturated rings. The number of nitrogens with zero attached hydrogens (tertiary/aromatic N) is 1. The summed E-state index contributed by atoms with van der Waals surface area (Å²) < 4.78 is 23.3. The van der Waals surface area contributed by atoms with Gasteiger partial charge in [0.2, 0.25) is 0 Å². The summed E-state index contributed by atoms with van der Waals surface area (Å²) in [5.74, 6) is 0. The van der Waals surface area contributed by atoms with Gasteiger partial charge in [0.15, 0.2) is 0 Å². The van der Waals surface area contributed by atoms with Crippen LogP contribution in [-0.2, 0) is 18.0 Å². The van der Waals surface area contributed by atoms with Gasteiger partial charge >= 0.3 is 15.1 Å². The molecule has 0 unspecified atom stereocenters. The van der Waals surface area contributed by atoms with Crippen LogP contribution in [-0.4, -0.2) is 53.1 Å². The lowest BCUT2D eigenvalue weighted by atomic mass is 10.5. The van der Waals surface area contributed by atoms with E-state index in [0.717, 1.165) is 6.42 Å². The lowest BCUT2D eigenvalue weighted by molar-refractivity contribution is 0.0167. The Balaban J connectivity index is 5.20. The first-order chi connectivity index (χ1) is 8.61. The van der Waals surface area contributed by atoms with Crippen molar-refractivity contribution in [2.24, 2.45) is 0 Å². The van der Waals surface area contributed by atoms with Crippen molar-refractivity contribution in [3.63, 3.8) is 0 Å². The van der Waals surface area contributed by atoms with Crippen molar-refractivity contribution in [2.45, 2.75) is 34.1 Å². The lowest BCUT2D eigenvalue weighted by Crippen LogP contribution is -2.63. The van der Waals surface area contributed by atoms with Gasteiger partial charge in [-0.1, -0.05) is 6.92 Å². The maximum Gasteiger partial charge on any atom is 0.638 e. The maximum absolute atomic E-state index is 11.9. The normalized spacial score (nSPS) is 11.4. The number of amides is 1. The number of hydrogen-bond acceptors (Lipinski definition) is 5. The first-order valence-electron chi connectivity index (χ1n) is 6.39. The van der Waals surface area contributed by atoms with Crippen molar-refractivity contribution in [1.82, 2.24) is 4.57 Å². The van der Waals surface area contributed by atoms with Crippen LogP contribution in [0.15, 0.2) is 0 Å². The Kier molecular flexibility index (Phi) is 8.99. The highest BCUT2D eigenvalue weighted by Gasteiger charge is 2.52. The first kappa shape index (κ1) is 17.4. The predicted octanol–water partition coefficient (Wildman–Crippen LogP) is 2.01. The molecule has 0 N–H and O–H groups in total. The molecule has 0 rings (SSSR count). The van der Waals surface area contributed by atoms with Crippen LogP contribution in [0.1, 0.15) is 34.1 Å². The summed E-state index contributed by atoms with van der Waals surface area (Å²) in [6.45, 7) is 9.26. The predicted molar refractivity (Wildman–Crippen MR) is 70.0 cm³/mol. The molecule has 0 aliphatic carbocycles. The Bertz CT molecular complexity index is 222. The molecule has 1 amide bonds. The Morgan fingerprint density at radius 3 is 1.72 bits per heavy atom. The molecular weight excluding hydrogens is 254 g/mol. The summed E-state index contributed by atoms with van der Waals surface area (Å²) in [4.78, 5) is 11.9. The summed E-state index contributed by atoms with van der Waals surface area (Å²) in [5.41, 5.74) is 0. The minimum absolute atomic E-state index is 0.420. The molecule has 0 bridgehead atoms. The zero-order valence-electron chi connectivity index (χ0n) is 12.0. The maximum atomic E-state index is 11.9. The molecule has 0 heterocycles. The van der Waals surface area contributed by atoms with Crippen LogP contribution < -0.4 is 0 Å². The average Bonchev–Trinajstić information content (AvgIpc) is 2.36. The number of hydrogen-bond donors (Lipinski definition) is 0. The van der Waals surface area contributed by atoms with E-state index in [0.29, 0.717) is 26.4 Å². The van der Waals surface area contributed by atoms with Gasteiger partial charge in [-0.05, 0) is 27.2 Å². The SMILES string of the molecule is CCCN(C(=O)OC)[Si](OCC)(OCC)OCC. The Morgan fingerprint density at radius 2 is 1.44 bits per heavy atom. The van der Waals surface area contributed by atoms with Crippen molar-refractivity contribution in [1.29, 1.82) is 0 Å². The number of carbonyl (C=O) groups excluding carboxylic acids is 1. The molecule has 0 aromatic carbocycles. The molecule has 0 aliphatic heterocycles. The molecule has 0 radical (unpaired) electrons. The average molecular weight is 279 g/mol. The molecule has 0 saturated heterocycles. The second-order valence-corrected chi connectivity index (χ2v) is 5.90. The summed E-state index contributed by atoms with van der Waals surface area (Å²) >= 11 is 0. The van der Waals surface area contributed by atoms with Crippen molar-refractivity contribution in [2.75, 3.05) is 33.5 Å². The van der Waals surface area contributed by atoms with E-state index in [4.69, 9.17) is 18.0 Å². The third-order valence-electron chi connectivity index (χ3n) is 2.15. The van der Waals surface area contributed by atoms with Gasteiger partial charge in [-0.3, -0.25) is 4.57 Å². The van der Waals surface area contributed by atoms with Crippen LogP contribution in [0, 0.1) is 0 Å². The molecule has 0 atom stereocenters. The summed E-state index contributed by atoms with van der Waals surface area (Å²) in [5, 5.41) is 0. The van der Waals surface area contributed by atoms with Gasteiger partial charge in [-0.15, -0.1) is 0 Å². The fourth-order valence-corrected chi connectivity index (χ4v) is 4.20. The van der Waals surface area contributed by atoms with Crippen molar-refractivity contribution in [3.8, 4) is 0 Å². The molecule has 0 saturated carbocycles. The largest absolute Gasteiger partial charge is 0.638 e. The van der Waals surface area contributed by atoms with Gasteiger partial charge in [0.05, 0.1) is 7.11 Å². The third-order valence-corrected chi connectivity index (χ3v) is 5.18. The molecule has 7 heteroatoms. The van der Waals surface area contributed by atoms with Crippen molar-refractivity contribution >= 4 is 15.1 Å². The van der Waals surface area contributed by atoms with E-state index in [1.165, 1.54) is 11.7 Å². The smallest absolute Gasteiger partial charge is 0.453 e. The minimum Gasteiger partial charge on any atom is -0.453 e. The standard InChI is InChI=1S/C11H25NO5Si/c1-6-10-12(11(13)14-5)18(15-7-2,16-8-3)17-9-4/h6-10H2,1-5H3. The van der Waals surface area contributed by atoms with Crippen LogP contribution >= 0.6 is 0 Å². The number of carbonyl (C=O) groups is 1. The second-order valence-electron chi connectivity index (χ2n) is 3.44. The van der Waals surface area contributed by atoms with Gasteiger partial charge in [0.1, 0.15) is 0 Å². The zero-order chi connectivity index (χ0) is 14.0. The summed E-state index contributed by atoms with van der Waals surface area (Å²) in [7, 11) is -1.83. The van der Waals surface area contributed by atoms with Crippen molar-refractivity contribution in [3.05, 3.63) is 0 Å². The van der Waals surface area contributed by atoms with Crippen LogP contribution in [0.4, 0.5) is 4.79 Å². The van der Waals surface area contributed by atoms with Gasteiger partial charge in [-0.25, -0.2) is 4.79 Å². The number of methoxy groups -OCH3 is 1. The Morgan fingerprint density at radius 1 is 1.00 bits per heavy atom. The van der Waals surface area contributed by atoms with Gasteiger partial charge in [0, 0.05) is 26.4 Å². The lowest BCUT2D eigenvalue weighted by Gasteiger charge is -2.36. The molecule has 0 aliphatic rings. The first-order valence-corrected chi connectivity index (χ1v) is 8.06. The fraction of sp³-hybridized carbons (Fsp3) is 0.909. The quantitative estimate of drug-likeness (QED) is 0.604. The number of rotatable bonds is 9. The molecule has 0 aromatic heterocycles. The topological polar surface area (TPSA) is 57.2 Å². The van der Waals surface area contributed by atoms with Crippen LogP contribution in [0.2, 0.25) is 0 Å². The highest BCUT2D eigenvalue weighted by Crippen LogP contribution is 2.18. The van der Waals surface area contributed by atoms with E-state index in [1.54, 1.807) is 0 Å². The number of ether oxygens (including phenoxy) is 1. The highest BCUT2D eigenvalue weighted by atomic mass is 28.4. The van der Waals surface area contributed by atoms with Crippen LogP contribution in [0.3, 0.4) is 0 Å². The van der Waals surface area contributed by atoms with E-state index in [-0.39, 0.29) is 0 Å². The van der Waals surface area contributed by atoms with E-state index in [2.05, 4.69) is 0 Å². The Labute approximate surface area is 111 Å². The monoisotopic (exact) mass is 279 g/mol. The molecule has 18 heavy (non-hydrogen) atoms. The van der Waals surface area contributed by atoms with Crippen LogP contribution in [0.25, 0.3) is 0 Å². The molecule has 0 spiro atoms. The van der Waals surface area contributed by atoms with E-state index in [1.807, 2.05) is 27.7 Å². The molecule has 108 valence electrons. The van der Waals surface area contributed by atoms with Gasteiger partial charge in [0.25, 0.3) is 0 Å². The molecular formula is C11H25NO5Si. The van der Waals surface area contributed by atoms with E-state index >= 15 is 0 Å². The zero-order valence-corrected chi connectivity index (χ0v) is 13.0. The highest BCUT2D eigenvalue weighted by molar-refractivity contribution is 6.60. The second kappa shape index (κ2) is 9.32. The fourth-order valence-electron chi connectivity index (χ4n) is 1.58. The van der Waals surface area contributed by atoms with Crippen molar-refractivity contribution < 1.29 is 22.8 Å².